The van der Waals surface area contributed by atoms with Gasteiger partial charge in [-0.15, -0.1) is 6.42 Å². The molecule has 0 aromatic carbocycles. The largest absolute Gasteiger partial charge is 0.619 e. The van der Waals surface area contributed by atoms with Gasteiger partial charge in [0.05, 0.1) is 13.1 Å². The summed E-state index contributed by atoms with van der Waals surface area (Å²) in [6.07, 6.45) is 8.09. The molecule has 5 nitrogen and oxygen atoms in total. The van der Waals surface area contributed by atoms with Crippen LogP contribution in [0.5, 0.6) is 0 Å². The van der Waals surface area contributed by atoms with Gasteiger partial charge in [-0.2, -0.15) is 0 Å². The fraction of sp³-hybridized carbons (Fsp3) is 0.455. The van der Waals surface area contributed by atoms with Crippen molar-refractivity contribution < 1.29 is 18.9 Å². The zero-order chi connectivity index (χ0) is 12.4. The van der Waals surface area contributed by atoms with Crippen molar-refractivity contribution in [3.8, 4) is 12.3 Å². The highest BCUT2D eigenvalue weighted by Crippen LogP contribution is 2.34. The van der Waals surface area contributed by atoms with Gasteiger partial charge in [0, 0.05) is 0 Å². The van der Waals surface area contributed by atoms with E-state index in [1.165, 1.54) is 4.90 Å². The Balaban J connectivity index is 2.10. The molecule has 6 heteroatoms. The summed E-state index contributed by atoms with van der Waals surface area (Å²) in [4.78, 5) is 24.5. The first-order valence-electron chi connectivity index (χ1n) is 5.32. The molecule has 0 radical (unpaired) electrons. The minimum Gasteiger partial charge on any atom is -0.497 e. The van der Waals surface area contributed by atoms with Gasteiger partial charge in [-0.25, -0.2) is 0 Å². The van der Waals surface area contributed by atoms with E-state index in [-0.39, 0.29) is 13.1 Å². The van der Waals surface area contributed by atoms with E-state index in [1.807, 2.05) is 6.08 Å². The molecule has 0 bridgehead atoms. The summed E-state index contributed by atoms with van der Waals surface area (Å²) in [5, 5.41) is 0. The molecule has 1 saturated heterocycles. The van der Waals surface area contributed by atoms with E-state index < -0.39 is 24.9 Å². The molecule has 1 unspecified atom stereocenters. The van der Waals surface area contributed by atoms with Crippen LogP contribution in [0.1, 0.15) is 6.42 Å². The van der Waals surface area contributed by atoms with Crippen LogP contribution in [0.2, 0.25) is 5.82 Å². The van der Waals surface area contributed by atoms with Crippen molar-refractivity contribution in [3.63, 3.8) is 0 Å². The lowest BCUT2D eigenvalue weighted by molar-refractivity contribution is -0.145. The fourth-order valence-corrected chi connectivity index (χ4v) is 1.66. The molecule has 2 aliphatic rings. The Morgan fingerprint density at radius 3 is 2.35 bits per heavy atom. The third-order valence-corrected chi connectivity index (χ3v) is 2.58. The van der Waals surface area contributed by atoms with Crippen molar-refractivity contribution in [3.05, 3.63) is 11.6 Å². The summed E-state index contributed by atoms with van der Waals surface area (Å²) in [7, 11) is 0.660. The summed E-state index contributed by atoms with van der Waals surface area (Å²) in [6, 6.07) is 0. The number of hydrogen-bond acceptors (Lipinski definition) is 5. The number of nitrogens with zero attached hydrogens (tertiary/aromatic N) is 1. The molecule has 1 aliphatic carbocycles. The molecule has 1 aliphatic heterocycles. The van der Waals surface area contributed by atoms with Crippen LogP contribution in [0.15, 0.2) is 11.6 Å². The Kier molecular flexibility index (Phi) is 3.20. The third kappa shape index (κ3) is 2.89. The van der Waals surface area contributed by atoms with Gasteiger partial charge in [0.15, 0.2) is 0 Å². The smallest absolute Gasteiger partial charge is 0.497 e. The van der Waals surface area contributed by atoms with Crippen LogP contribution in [0.4, 0.5) is 0 Å². The number of rotatable bonds is 2. The summed E-state index contributed by atoms with van der Waals surface area (Å²) >= 11 is 0. The number of terminal acetylenes is 1. The molecule has 0 spiro atoms. The number of carbonyl (C=O) groups excluding carboxylic acids is 2. The van der Waals surface area contributed by atoms with Crippen LogP contribution in [0.3, 0.4) is 0 Å². The van der Waals surface area contributed by atoms with Gasteiger partial charge in [0.1, 0.15) is 5.82 Å². The molecule has 0 aromatic rings. The molecule has 0 amide bonds. The first-order valence-corrected chi connectivity index (χ1v) is 5.32. The number of carbonyl (C=O) groups is 2. The normalized spacial score (nSPS) is 22.6. The summed E-state index contributed by atoms with van der Waals surface area (Å²) in [6.45, 7) is 0.115. The van der Waals surface area contributed by atoms with Crippen molar-refractivity contribution in [2.45, 2.75) is 12.2 Å². The summed E-state index contributed by atoms with van der Waals surface area (Å²) in [5.41, 5.74) is 0.979. The minimum absolute atomic E-state index is 0.0575. The molecule has 0 aromatic heterocycles. The van der Waals surface area contributed by atoms with Crippen LogP contribution in [-0.4, -0.2) is 44.1 Å². The zero-order valence-electron chi connectivity index (χ0n) is 9.51. The molecule has 1 heterocycles. The maximum atomic E-state index is 11.5. The maximum absolute atomic E-state index is 11.5. The SMILES string of the molecule is C#CC(B1OC(=O)CN(C)CC(=O)O1)C1=CC1. The van der Waals surface area contributed by atoms with Crippen molar-refractivity contribution in [2.24, 2.45) is 0 Å². The molecular formula is C11H12BNO4. The molecule has 88 valence electrons. The van der Waals surface area contributed by atoms with Crippen LogP contribution in [-0.2, 0) is 18.9 Å². The molecule has 0 N–H and O–H groups in total. The third-order valence-electron chi connectivity index (χ3n) is 2.58. The average molecular weight is 233 g/mol. The zero-order valence-corrected chi connectivity index (χ0v) is 9.51. The topological polar surface area (TPSA) is 55.8 Å². The highest BCUT2D eigenvalue weighted by molar-refractivity contribution is 6.53. The van der Waals surface area contributed by atoms with Crippen LogP contribution in [0, 0.1) is 12.3 Å². The molecule has 1 atom stereocenters. The Labute approximate surface area is 99.9 Å². The molecule has 17 heavy (non-hydrogen) atoms. The lowest BCUT2D eigenvalue weighted by Crippen LogP contribution is -2.44. The second kappa shape index (κ2) is 4.64. The quantitative estimate of drug-likeness (QED) is 0.377. The first kappa shape index (κ1) is 11.7. The number of hydrogen-bond donors (Lipinski definition) is 0. The summed E-state index contributed by atoms with van der Waals surface area (Å²) in [5.74, 6) is 1.17. The second-order valence-electron chi connectivity index (χ2n) is 4.15. The van der Waals surface area contributed by atoms with Gasteiger partial charge >= 0.3 is 19.1 Å². The van der Waals surface area contributed by atoms with Gasteiger partial charge in [0.25, 0.3) is 0 Å². The summed E-state index contributed by atoms with van der Waals surface area (Å²) < 4.78 is 10.2. The minimum atomic E-state index is -0.984. The van der Waals surface area contributed by atoms with Crippen LogP contribution >= 0.6 is 0 Å². The average Bonchev–Trinajstić information content (AvgIpc) is 2.99. The predicted octanol–water partition coefficient (Wildman–Crippen LogP) is -0.160. The standard InChI is InChI=1S/C11H12BNO4/c1-3-9(8-4-5-8)12-16-10(14)6-13(2)7-11(15)17-12/h1,4,9H,5-7H2,2H3. The van der Waals surface area contributed by atoms with Crippen molar-refractivity contribution in [2.75, 3.05) is 20.1 Å². The predicted molar refractivity (Wildman–Crippen MR) is 60.7 cm³/mol. The monoisotopic (exact) mass is 233 g/mol. The van der Waals surface area contributed by atoms with Gasteiger partial charge in [0.2, 0.25) is 0 Å². The van der Waals surface area contributed by atoms with Crippen LogP contribution < -0.4 is 0 Å². The van der Waals surface area contributed by atoms with E-state index in [2.05, 4.69) is 5.92 Å². The van der Waals surface area contributed by atoms with E-state index in [0.717, 1.165) is 12.0 Å². The van der Waals surface area contributed by atoms with E-state index in [1.54, 1.807) is 7.05 Å². The Morgan fingerprint density at radius 1 is 1.41 bits per heavy atom. The van der Waals surface area contributed by atoms with Gasteiger partial charge in [-0.05, 0) is 13.5 Å². The van der Waals surface area contributed by atoms with Gasteiger partial charge in [-0.1, -0.05) is 17.6 Å². The first-order chi connectivity index (χ1) is 8.10. The Morgan fingerprint density at radius 2 is 1.94 bits per heavy atom. The van der Waals surface area contributed by atoms with Crippen molar-refractivity contribution in [1.29, 1.82) is 0 Å². The van der Waals surface area contributed by atoms with E-state index in [0.29, 0.717) is 0 Å². The van der Waals surface area contributed by atoms with E-state index >= 15 is 0 Å². The van der Waals surface area contributed by atoms with Gasteiger partial charge < -0.3 is 9.31 Å². The van der Waals surface area contributed by atoms with E-state index in [4.69, 9.17) is 15.7 Å². The molecule has 2 rings (SSSR count). The van der Waals surface area contributed by atoms with Crippen molar-refractivity contribution >= 4 is 19.1 Å². The lowest BCUT2D eigenvalue weighted by Gasteiger charge is -2.24. The highest BCUT2D eigenvalue weighted by Gasteiger charge is 2.42. The highest BCUT2D eigenvalue weighted by atomic mass is 16.6. The Hall–Kier alpha value is -1.74. The Bertz CT molecular complexity index is 406. The molecule has 1 fully saturated rings. The number of likely N-dealkylation sites (N-methyl/N-ethyl adjacent to an activating group) is 1. The number of allylic oxidation sites excluding steroid dienone is 2. The van der Waals surface area contributed by atoms with Crippen LogP contribution in [0.25, 0.3) is 0 Å². The molecule has 0 saturated carbocycles. The van der Waals surface area contributed by atoms with E-state index in [9.17, 15) is 9.59 Å². The maximum Gasteiger partial charge on any atom is 0.619 e. The van der Waals surface area contributed by atoms with Gasteiger partial charge in [-0.3, -0.25) is 14.5 Å². The fourth-order valence-electron chi connectivity index (χ4n) is 1.66. The van der Waals surface area contributed by atoms with Crippen molar-refractivity contribution in [1.82, 2.24) is 4.90 Å². The second-order valence-corrected chi connectivity index (χ2v) is 4.15. The lowest BCUT2D eigenvalue weighted by atomic mass is 9.70. The molecular weight excluding hydrogens is 221 g/mol.